The lowest BCUT2D eigenvalue weighted by Crippen LogP contribution is -1.75. The fraction of sp³-hybridized carbons (Fsp3) is 0.200. The number of nitrogens with zero attached hydrogens (tertiary/aromatic N) is 1. The Morgan fingerprint density at radius 1 is 1.75 bits per heavy atom. The van der Waals surface area contributed by atoms with Gasteiger partial charge in [0.1, 0.15) is 6.54 Å². The lowest BCUT2D eigenvalue weighted by atomic mass is 10.4. The standard InChI is InChI=1S/C5H6N2O/c8-7-4-5-2-1-3-6-5/h1-3,6H,4H2. The molecular weight excluding hydrogens is 104 g/mol. The van der Waals surface area contributed by atoms with Gasteiger partial charge in [-0.3, -0.25) is 0 Å². The van der Waals surface area contributed by atoms with Gasteiger partial charge in [-0.2, -0.15) is 4.91 Å². The van der Waals surface area contributed by atoms with Crippen molar-refractivity contribution in [2.45, 2.75) is 6.54 Å². The maximum Gasteiger partial charge on any atom is 0.121 e. The summed E-state index contributed by atoms with van der Waals surface area (Å²) in [4.78, 5) is 12.4. The van der Waals surface area contributed by atoms with Crippen LogP contribution in [-0.2, 0) is 6.54 Å². The SMILES string of the molecule is O=NCc1ccc[nH]1. The lowest BCUT2D eigenvalue weighted by molar-refractivity contribution is 1.00. The summed E-state index contributed by atoms with van der Waals surface area (Å²) < 4.78 is 0. The fourth-order valence-corrected chi connectivity index (χ4v) is 0.535. The molecule has 0 aliphatic heterocycles. The lowest BCUT2D eigenvalue weighted by Gasteiger charge is -1.80. The molecule has 0 atom stereocenters. The van der Waals surface area contributed by atoms with E-state index in [-0.39, 0.29) is 6.54 Å². The first-order chi connectivity index (χ1) is 3.93. The smallest absolute Gasteiger partial charge is 0.121 e. The molecule has 0 unspecified atom stereocenters. The number of hydrogen-bond acceptors (Lipinski definition) is 2. The zero-order chi connectivity index (χ0) is 5.82. The predicted octanol–water partition coefficient (Wildman–Crippen LogP) is 1.28. The second-order valence-electron chi connectivity index (χ2n) is 1.48. The minimum Gasteiger partial charge on any atom is -0.363 e. The largest absolute Gasteiger partial charge is 0.363 e. The van der Waals surface area contributed by atoms with Crippen LogP contribution in [0.5, 0.6) is 0 Å². The summed E-state index contributed by atoms with van der Waals surface area (Å²) in [5, 5.41) is 2.70. The number of hydrogen-bond donors (Lipinski definition) is 1. The molecule has 0 bridgehead atoms. The molecule has 42 valence electrons. The van der Waals surface area contributed by atoms with Gasteiger partial charge < -0.3 is 4.98 Å². The Hall–Kier alpha value is -1.12. The molecular formula is C5H6N2O. The Bertz CT molecular complexity index is 157. The van der Waals surface area contributed by atoms with Gasteiger partial charge in [-0.15, -0.1) is 0 Å². The third kappa shape index (κ3) is 0.932. The fourth-order valence-electron chi connectivity index (χ4n) is 0.535. The van der Waals surface area contributed by atoms with Gasteiger partial charge in [0.25, 0.3) is 0 Å². The number of aromatic amines is 1. The maximum absolute atomic E-state index is 9.60. The van der Waals surface area contributed by atoms with Gasteiger partial charge in [0, 0.05) is 11.9 Å². The zero-order valence-electron chi connectivity index (χ0n) is 4.29. The van der Waals surface area contributed by atoms with Crippen molar-refractivity contribution in [1.82, 2.24) is 4.98 Å². The van der Waals surface area contributed by atoms with Crippen LogP contribution < -0.4 is 0 Å². The summed E-state index contributed by atoms with van der Waals surface area (Å²) in [5.41, 5.74) is 0.861. The van der Waals surface area contributed by atoms with Crippen LogP contribution in [0.15, 0.2) is 23.5 Å². The van der Waals surface area contributed by atoms with Crippen LogP contribution >= 0.6 is 0 Å². The number of nitroso groups, excluding NO2 is 1. The van der Waals surface area contributed by atoms with E-state index in [0.29, 0.717) is 0 Å². The average Bonchev–Trinajstić information content (AvgIpc) is 2.19. The molecule has 0 aliphatic rings. The summed E-state index contributed by atoms with van der Waals surface area (Å²) >= 11 is 0. The molecule has 0 aromatic carbocycles. The van der Waals surface area contributed by atoms with Crippen molar-refractivity contribution in [3.05, 3.63) is 28.9 Å². The molecule has 1 aromatic rings. The van der Waals surface area contributed by atoms with Crippen LogP contribution in [0.1, 0.15) is 5.69 Å². The Kier molecular flexibility index (Phi) is 1.42. The molecule has 1 aromatic heterocycles. The van der Waals surface area contributed by atoms with Gasteiger partial charge in [-0.1, -0.05) is 5.18 Å². The van der Waals surface area contributed by atoms with E-state index >= 15 is 0 Å². The number of H-pyrrole nitrogens is 1. The van der Waals surface area contributed by atoms with Crippen LogP contribution in [0.3, 0.4) is 0 Å². The Labute approximate surface area is 46.7 Å². The molecule has 3 nitrogen and oxygen atoms in total. The first kappa shape index (κ1) is 5.03. The highest BCUT2D eigenvalue weighted by molar-refractivity contribution is 5.02. The van der Waals surface area contributed by atoms with E-state index in [9.17, 15) is 4.91 Å². The Balaban J connectivity index is 2.62. The summed E-state index contributed by atoms with van der Waals surface area (Å²) in [5.74, 6) is 0. The van der Waals surface area contributed by atoms with Crippen molar-refractivity contribution in [1.29, 1.82) is 0 Å². The van der Waals surface area contributed by atoms with Crippen molar-refractivity contribution in [3.8, 4) is 0 Å². The van der Waals surface area contributed by atoms with Gasteiger partial charge in [-0.25, -0.2) is 0 Å². The van der Waals surface area contributed by atoms with Crippen LogP contribution in [0.4, 0.5) is 0 Å². The second-order valence-corrected chi connectivity index (χ2v) is 1.48. The van der Waals surface area contributed by atoms with Gasteiger partial charge in [-0.05, 0) is 12.1 Å². The van der Waals surface area contributed by atoms with Crippen LogP contribution in [0, 0.1) is 4.91 Å². The third-order valence-electron chi connectivity index (χ3n) is 0.897. The van der Waals surface area contributed by atoms with Gasteiger partial charge in [0.15, 0.2) is 0 Å². The molecule has 0 radical (unpaired) electrons. The van der Waals surface area contributed by atoms with Crippen molar-refractivity contribution >= 4 is 0 Å². The average molecular weight is 110 g/mol. The molecule has 0 aliphatic carbocycles. The minimum atomic E-state index is 0.243. The van der Waals surface area contributed by atoms with E-state index in [4.69, 9.17) is 0 Å². The molecule has 1 N–H and O–H groups in total. The molecule has 0 fully saturated rings. The summed E-state index contributed by atoms with van der Waals surface area (Å²) in [6.45, 7) is 0.243. The van der Waals surface area contributed by atoms with Crippen molar-refractivity contribution in [2.24, 2.45) is 5.18 Å². The number of rotatable bonds is 2. The second kappa shape index (κ2) is 2.26. The van der Waals surface area contributed by atoms with Gasteiger partial charge >= 0.3 is 0 Å². The van der Waals surface area contributed by atoms with E-state index in [1.54, 1.807) is 6.20 Å². The molecule has 8 heavy (non-hydrogen) atoms. The van der Waals surface area contributed by atoms with Crippen molar-refractivity contribution in [2.75, 3.05) is 0 Å². The van der Waals surface area contributed by atoms with Gasteiger partial charge in [0.2, 0.25) is 0 Å². The van der Waals surface area contributed by atoms with Crippen molar-refractivity contribution < 1.29 is 0 Å². The van der Waals surface area contributed by atoms with E-state index in [1.807, 2.05) is 12.1 Å². The Morgan fingerprint density at radius 3 is 3.12 bits per heavy atom. The summed E-state index contributed by atoms with van der Waals surface area (Å²) in [7, 11) is 0. The highest BCUT2D eigenvalue weighted by Crippen LogP contribution is 1.94. The Morgan fingerprint density at radius 2 is 2.62 bits per heavy atom. The van der Waals surface area contributed by atoms with E-state index in [1.165, 1.54) is 0 Å². The van der Waals surface area contributed by atoms with E-state index in [0.717, 1.165) is 5.69 Å². The minimum absolute atomic E-state index is 0.243. The van der Waals surface area contributed by atoms with E-state index in [2.05, 4.69) is 10.2 Å². The number of aromatic nitrogens is 1. The summed E-state index contributed by atoms with van der Waals surface area (Å²) in [6.07, 6.45) is 1.76. The maximum atomic E-state index is 9.60. The quantitative estimate of drug-likeness (QED) is 0.572. The highest BCUT2D eigenvalue weighted by Gasteiger charge is 1.86. The van der Waals surface area contributed by atoms with E-state index < -0.39 is 0 Å². The zero-order valence-corrected chi connectivity index (χ0v) is 4.29. The molecule has 0 amide bonds. The predicted molar refractivity (Wildman–Crippen MR) is 30.3 cm³/mol. The highest BCUT2D eigenvalue weighted by atomic mass is 16.3. The van der Waals surface area contributed by atoms with Crippen LogP contribution in [0.2, 0.25) is 0 Å². The normalized spacial score (nSPS) is 9.00. The topological polar surface area (TPSA) is 45.2 Å². The molecule has 0 saturated heterocycles. The first-order valence-electron chi connectivity index (χ1n) is 2.35. The molecule has 1 rings (SSSR count). The summed E-state index contributed by atoms with van der Waals surface area (Å²) in [6, 6.07) is 3.65. The molecule has 1 heterocycles. The molecule has 0 spiro atoms. The molecule has 0 saturated carbocycles. The van der Waals surface area contributed by atoms with Crippen LogP contribution in [0.25, 0.3) is 0 Å². The number of nitrogens with one attached hydrogen (secondary N) is 1. The third-order valence-corrected chi connectivity index (χ3v) is 0.897. The first-order valence-corrected chi connectivity index (χ1v) is 2.35. The van der Waals surface area contributed by atoms with Crippen LogP contribution in [-0.4, -0.2) is 4.98 Å². The van der Waals surface area contributed by atoms with Crippen molar-refractivity contribution in [3.63, 3.8) is 0 Å². The van der Waals surface area contributed by atoms with Gasteiger partial charge in [0.05, 0.1) is 0 Å². The monoisotopic (exact) mass is 110 g/mol. The molecule has 3 heteroatoms.